The Morgan fingerprint density at radius 3 is 2.76 bits per heavy atom. The van der Waals surface area contributed by atoms with E-state index in [9.17, 15) is 0 Å². The van der Waals surface area contributed by atoms with E-state index in [4.69, 9.17) is 5.73 Å². The van der Waals surface area contributed by atoms with E-state index in [1.807, 2.05) is 13.1 Å². The van der Waals surface area contributed by atoms with Crippen LogP contribution in [0, 0.1) is 12.3 Å². The van der Waals surface area contributed by atoms with Crippen LogP contribution in [0.15, 0.2) is 30.5 Å². The van der Waals surface area contributed by atoms with E-state index >= 15 is 0 Å². The number of hydrogen-bond donors (Lipinski definition) is 1. The predicted octanol–water partition coefficient (Wildman–Crippen LogP) is 3.07. The molecule has 2 nitrogen and oxygen atoms in total. The van der Waals surface area contributed by atoms with Crippen LogP contribution in [0.1, 0.15) is 25.1 Å². The van der Waals surface area contributed by atoms with Gasteiger partial charge < -0.3 is 5.73 Å². The maximum atomic E-state index is 5.82. The van der Waals surface area contributed by atoms with Crippen LogP contribution in [-0.4, -0.2) is 11.5 Å². The molecule has 17 heavy (non-hydrogen) atoms. The molecule has 2 rings (SSSR count). The average Bonchev–Trinajstić information content (AvgIpc) is 2.30. The van der Waals surface area contributed by atoms with Crippen molar-refractivity contribution in [3.05, 3.63) is 41.7 Å². The van der Waals surface area contributed by atoms with E-state index in [0.717, 1.165) is 12.1 Å². The molecule has 0 atom stereocenters. The van der Waals surface area contributed by atoms with Crippen molar-refractivity contribution < 1.29 is 0 Å². The SMILES string of the molecule is Cc1cc2c(CC(C)(C)CN)cccc2cn1. The molecule has 90 valence electrons. The number of benzene rings is 1. The fraction of sp³-hybridized carbons (Fsp3) is 0.400. The van der Waals surface area contributed by atoms with Gasteiger partial charge in [0.2, 0.25) is 0 Å². The van der Waals surface area contributed by atoms with Crippen LogP contribution in [0.3, 0.4) is 0 Å². The lowest BCUT2D eigenvalue weighted by Gasteiger charge is -2.23. The topological polar surface area (TPSA) is 38.9 Å². The number of pyridine rings is 1. The highest BCUT2D eigenvalue weighted by molar-refractivity contribution is 5.85. The highest BCUT2D eigenvalue weighted by Gasteiger charge is 2.17. The van der Waals surface area contributed by atoms with Crippen molar-refractivity contribution in [1.29, 1.82) is 0 Å². The number of nitrogens with two attached hydrogens (primary N) is 1. The Balaban J connectivity index is 2.50. The Hall–Kier alpha value is -1.41. The van der Waals surface area contributed by atoms with Gasteiger partial charge in [-0.3, -0.25) is 4.98 Å². The van der Waals surface area contributed by atoms with Crippen LogP contribution >= 0.6 is 0 Å². The van der Waals surface area contributed by atoms with Crippen molar-refractivity contribution in [3.63, 3.8) is 0 Å². The second-order valence-corrected chi connectivity index (χ2v) is 5.51. The molecule has 2 N–H and O–H groups in total. The van der Waals surface area contributed by atoms with Gasteiger partial charge in [-0.15, -0.1) is 0 Å². The molecule has 0 aliphatic heterocycles. The van der Waals surface area contributed by atoms with E-state index in [1.165, 1.54) is 16.3 Å². The lowest BCUT2D eigenvalue weighted by atomic mass is 9.84. The monoisotopic (exact) mass is 228 g/mol. The van der Waals surface area contributed by atoms with E-state index in [0.29, 0.717) is 6.54 Å². The second kappa shape index (κ2) is 4.46. The highest BCUT2D eigenvalue weighted by Crippen LogP contribution is 2.26. The summed E-state index contributed by atoms with van der Waals surface area (Å²) in [6, 6.07) is 8.57. The van der Waals surface area contributed by atoms with Gasteiger partial charge in [0.05, 0.1) is 0 Å². The molecule has 0 spiro atoms. The summed E-state index contributed by atoms with van der Waals surface area (Å²) < 4.78 is 0. The van der Waals surface area contributed by atoms with Crippen molar-refractivity contribution in [1.82, 2.24) is 4.98 Å². The molecule has 1 heterocycles. The lowest BCUT2D eigenvalue weighted by molar-refractivity contribution is 0.378. The molecular formula is C15H20N2. The molecule has 0 unspecified atom stereocenters. The second-order valence-electron chi connectivity index (χ2n) is 5.51. The van der Waals surface area contributed by atoms with Crippen molar-refractivity contribution in [3.8, 4) is 0 Å². The zero-order chi connectivity index (χ0) is 12.5. The largest absolute Gasteiger partial charge is 0.330 e. The van der Waals surface area contributed by atoms with Gasteiger partial charge in [-0.1, -0.05) is 32.0 Å². The average molecular weight is 228 g/mol. The Bertz CT molecular complexity index is 529. The maximum absolute atomic E-state index is 5.82. The molecule has 0 aliphatic carbocycles. The van der Waals surface area contributed by atoms with Crippen LogP contribution in [-0.2, 0) is 6.42 Å². The van der Waals surface area contributed by atoms with Crippen LogP contribution in [0.25, 0.3) is 10.8 Å². The molecule has 1 aromatic carbocycles. The van der Waals surface area contributed by atoms with Crippen molar-refractivity contribution in [2.75, 3.05) is 6.54 Å². The summed E-state index contributed by atoms with van der Waals surface area (Å²) >= 11 is 0. The molecule has 0 saturated carbocycles. The molecule has 0 fully saturated rings. The fourth-order valence-corrected chi connectivity index (χ4v) is 2.08. The Labute approximate surface area is 103 Å². The van der Waals surface area contributed by atoms with Crippen molar-refractivity contribution in [2.24, 2.45) is 11.1 Å². The molecule has 0 amide bonds. The summed E-state index contributed by atoms with van der Waals surface area (Å²) in [4.78, 5) is 4.34. The normalized spacial score (nSPS) is 12.0. The van der Waals surface area contributed by atoms with E-state index in [2.05, 4.69) is 43.1 Å². The number of fused-ring (bicyclic) bond motifs is 1. The van der Waals surface area contributed by atoms with Crippen LogP contribution in [0.5, 0.6) is 0 Å². The highest BCUT2D eigenvalue weighted by atomic mass is 14.7. The maximum Gasteiger partial charge on any atom is 0.0379 e. The number of aryl methyl sites for hydroxylation is 1. The Kier molecular flexibility index (Phi) is 3.16. The van der Waals surface area contributed by atoms with E-state index in [1.54, 1.807) is 0 Å². The number of hydrogen-bond acceptors (Lipinski definition) is 2. The summed E-state index contributed by atoms with van der Waals surface area (Å²) in [6.45, 7) is 7.15. The van der Waals surface area contributed by atoms with Gasteiger partial charge in [0.25, 0.3) is 0 Å². The molecule has 0 bridgehead atoms. The predicted molar refractivity (Wildman–Crippen MR) is 73.0 cm³/mol. The third kappa shape index (κ3) is 2.64. The quantitative estimate of drug-likeness (QED) is 0.876. The minimum atomic E-state index is 0.144. The first-order chi connectivity index (χ1) is 8.02. The molecule has 0 aliphatic rings. The summed E-state index contributed by atoms with van der Waals surface area (Å²) in [5, 5.41) is 2.52. The lowest BCUT2D eigenvalue weighted by Crippen LogP contribution is -2.25. The van der Waals surface area contributed by atoms with Gasteiger partial charge in [-0.05, 0) is 42.3 Å². The summed E-state index contributed by atoms with van der Waals surface area (Å²) in [5.41, 5.74) is 8.39. The van der Waals surface area contributed by atoms with Gasteiger partial charge in [-0.2, -0.15) is 0 Å². The number of nitrogens with zero attached hydrogens (tertiary/aromatic N) is 1. The zero-order valence-electron chi connectivity index (χ0n) is 10.8. The molecule has 2 heteroatoms. The van der Waals surface area contributed by atoms with Crippen LogP contribution in [0.2, 0.25) is 0 Å². The number of aromatic nitrogens is 1. The third-order valence-electron chi connectivity index (χ3n) is 3.21. The molecular weight excluding hydrogens is 208 g/mol. The first-order valence-corrected chi connectivity index (χ1v) is 6.06. The first-order valence-electron chi connectivity index (χ1n) is 6.06. The third-order valence-corrected chi connectivity index (χ3v) is 3.21. The summed E-state index contributed by atoms with van der Waals surface area (Å²) in [5.74, 6) is 0. The van der Waals surface area contributed by atoms with Crippen LogP contribution in [0.4, 0.5) is 0 Å². The van der Waals surface area contributed by atoms with E-state index < -0.39 is 0 Å². The molecule has 1 aromatic heterocycles. The molecule has 2 aromatic rings. The van der Waals surface area contributed by atoms with Gasteiger partial charge in [-0.25, -0.2) is 0 Å². The molecule has 0 saturated heterocycles. The van der Waals surface area contributed by atoms with Gasteiger partial charge >= 0.3 is 0 Å². The zero-order valence-corrected chi connectivity index (χ0v) is 10.8. The first kappa shape index (κ1) is 12.1. The summed E-state index contributed by atoms with van der Waals surface area (Å²) in [7, 11) is 0. The van der Waals surface area contributed by atoms with Gasteiger partial charge in [0.15, 0.2) is 0 Å². The fourth-order valence-electron chi connectivity index (χ4n) is 2.08. The Morgan fingerprint density at radius 2 is 2.06 bits per heavy atom. The standard InChI is InChI=1S/C15H20N2/c1-11-7-14-12(8-15(2,3)10-16)5-4-6-13(14)9-17-11/h4-7,9H,8,10,16H2,1-3H3. The van der Waals surface area contributed by atoms with E-state index in [-0.39, 0.29) is 5.41 Å². The molecule has 0 radical (unpaired) electrons. The smallest absolute Gasteiger partial charge is 0.0379 e. The number of rotatable bonds is 3. The van der Waals surface area contributed by atoms with Crippen molar-refractivity contribution >= 4 is 10.8 Å². The summed E-state index contributed by atoms with van der Waals surface area (Å²) in [6.07, 6.45) is 2.95. The van der Waals surface area contributed by atoms with Gasteiger partial charge in [0.1, 0.15) is 0 Å². The van der Waals surface area contributed by atoms with Crippen molar-refractivity contribution in [2.45, 2.75) is 27.2 Å². The van der Waals surface area contributed by atoms with Gasteiger partial charge in [0, 0.05) is 17.3 Å². The minimum Gasteiger partial charge on any atom is -0.330 e. The Morgan fingerprint density at radius 1 is 1.29 bits per heavy atom. The minimum absolute atomic E-state index is 0.144. The van der Waals surface area contributed by atoms with Crippen LogP contribution < -0.4 is 5.73 Å².